The van der Waals surface area contributed by atoms with Crippen LogP contribution in [0.15, 0.2) is 42.6 Å². The molecule has 0 radical (unpaired) electrons. The van der Waals surface area contributed by atoms with Crippen LogP contribution in [0, 0.1) is 0 Å². The highest BCUT2D eigenvalue weighted by Gasteiger charge is 2.06. The average Bonchev–Trinajstić information content (AvgIpc) is 2.30. The topological polar surface area (TPSA) is 38.9 Å². The third kappa shape index (κ3) is 2.01. The largest absolute Gasteiger partial charge is 0.325 e. The molecule has 1 aromatic carbocycles. The van der Waals surface area contributed by atoms with E-state index in [2.05, 4.69) is 4.98 Å². The van der Waals surface area contributed by atoms with Crippen molar-refractivity contribution in [1.82, 2.24) is 4.98 Å². The van der Waals surface area contributed by atoms with Crippen LogP contribution < -0.4 is 5.73 Å². The van der Waals surface area contributed by atoms with Crippen LogP contribution >= 0.6 is 11.6 Å². The van der Waals surface area contributed by atoms with Gasteiger partial charge < -0.3 is 5.73 Å². The Morgan fingerprint density at radius 2 is 1.80 bits per heavy atom. The van der Waals surface area contributed by atoms with E-state index in [9.17, 15) is 0 Å². The van der Waals surface area contributed by atoms with Crippen LogP contribution in [0.3, 0.4) is 0 Å². The van der Waals surface area contributed by atoms with Gasteiger partial charge in [-0.3, -0.25) is 4.98 Å². The number of halogens is 1. The van der Waals surface area contributed by atoms with Crippen molar-refractivity contribution in [3.63, 3.8) is 0 Å². The molecule has 2 rings (SSSR count). The van der Waals surface area contributed by atoms with Gasteiger partial charge >= 0.3 is 0 Å². The predicted molar refractivity (Wildman–Crippen MR) is 62.6 cm³/mol. The molecule has 0 aliphatic rings. The van der Waals surface area contributed by atoms with E-state index >= 15 is 0 Å². The standard InChI is InChI=1S/C12H11ClN2/c13-11-6-2-1-4-9(11)10-5-3-7-15-12(10)8-14/h1-7H,8,14H2. The summed E-state index contributed by atoms with van der Waals surface area (Å²) in [6, 6.07) is 11.6. The fourth-order valence-electron chi connectivity index (χ4n) is 1.53. The van der Waals surface area contributed by atoms with Crippen molar-refractivity contribution < 1.29 is 0 Å². The molecule has 0 fully saturated rings. The van der Waals surface area contributed by atoms with Gasteiger partial charge in [0.2, 0.25) is 0 Å². The Labute approximate surface area is 93.7 Å². The van der Waals surface area contributed by atoms with Gasteiger partial charge in [0.1, 0.15) is 0 Å². The van der Waals surface area contributed by atoms with E-state index in [0.29, 0.717) is 6.54 Å². The monoisotopic (exact) mass is 218 g/mol. The lowest BCUT2D eigenvalue weighted by Gasteiger charge is -2.07. The zero-order valence-electron chi connectivity index (χ0n) is 8.15. The zero-order valence-corrected chi connectivity index (χ0v) is 8.91. The molecule has 0 aliphatic heterocycles. The minimum Gasteiger partial charge on any atom is -0.325 e. The third-order valence-corrected chi connectivity index (χ3v) is 2.58. The molecular formula is C12H11ClN2. The molecular weight excluding hydrogens is 208 g/mol. The maximum Gasteiger partial charge on any atom is 0.0618 e. The molecule has 0 amide bonds. The lowest BCUT2D eigenvalue weighted by atomic mass is 10.0. The van der Waals surface area contributed by atoms with Crippen molar-refractivity contribution in [2.75, 3.05) is 0 Å². The summed E-state index contributed by atoms with van der Waals surface area (Å²) in [6.45, 7) is 0.418. The van der Waals surface area contributed by atoms with Crippen LogP contribution in [0.25, 0.3) is 11.1 Å². The molecule has 0 bridgehead atoms. The van der Waals surface area contributed by atoms with Crippen LogP contribution in [0.2, 0.25) is 5.02 Å². The number of nitrogens with two attached hydrogens (primary N) is 1. The normalized spacial score (nSPS) is 10.3. The fourth-order valence-corrected chi connectivity index (χ4v) is 1.76. The first kappa shape index (κ1) is 10.1. The summed E-state index contributed by atoms with van der Waals surface area (Å²) in [5, 5.41) is 0.722. The Morgan fingerprint density at radius 1 is 1.07 bits per heavy atom. The second-order valence-corrected chi connectivity index (χ2v) is 3.59. The molecule has 76 valence electrons. The molecule has 0 saturated heterocycles. The summed E-state index contributed by atoms with van der Waals surface area (Å²) >= 11 is 6.12. The van der Waals surface area contributed by atoms with Gasteiger partial charge in [0.25, 0.3) is 0 Å². The molecule has 0 aliphatic carbocycles. The van der Waals surface area contributed by atoms with Gasteiger partial charge in [-0.15, -0.1) is 0 Å². The van der Waals surface area contributed by atoms with Crippen LogP contribution in [-0.4, -0.2) is 4.98 Å². The van der Waals surface area contributed by atoms with Gasteiger partial charge in [0.15, 0.2) is 0 Å². The number of hydrogen-bond donors (Lipinski definition) is 1. The van der Waals surface area contributed by atoms with Gasteiger partial charge in [-0.05, 0) is 12.1 Å². The SMILES string of the molecule is NCc1ncccc1-c1ccccc1Cl. The predicted octanol–water partition coefficient (Wildman–Crippen LogP) is 2.86. The quantitative estimate of drug-likeness (QED) is 0.842. The second kappa shape index (κ2) is 4.43. The summed E-state index contributed by atoms with van der Waals surface area (Å²) < 4.78 is 0. The minimum absolute atomic E-state index is 0.418. The van der Waals surface area contributed by atoms with E-state index in [1.807, 2.05) is 36.4 Å². The van der Waals surface area contributed by atoms with Crippen molar-refractivity contribution in [1.29, 1.82) is 0 Å². The Balaban J connectivity index is 2.59. The molecule has 2 N–H and O–H groups in total. The maximum absolute atomic E-state index is 6.12. The fraction of sp³-hybridized carbons (Fsp3) is 0.0833. The van der Waals surface area contributed by atoms with Crippen LogP contribution in [0.1, 0.15) is 5.69 Å². The van der Waals surface area contributed by atoms with Crippen molar-refractivity contribution in [2.24, 2.45) is 5.73 Å². The van der Waals surface area contributed by atoms with Crippen molar-refractivity contribution in [2.45, 2.75) is 6.54 Å². The minimum atomic E-state index is 0.418. The molecule has 2 nitrogen and oxygen atoms in total. The Bertz CT molecular complexity index is 469. The van der Waals surface area contributed by atoms with E-state index < -0.39 is 0 Å². The van der Waals surface area contributed by atoms with Gasteiger partial charge in [-0.1, -0.05) is 35.9 Å². The van der Waals surface area contributed by atoms with Crippen molar-refractivity contribution in [3.05, 3.63) is 53.3 Å². The van der Waals surface area contributed by atoms with E-state index in [4.69, 9.17) is 17.3 Å². The molecule has 1 heterocycles. The van der Waals surface area contributed by atoms with Gasteiger partial charge in [0.05, 0.1) is 5.69 Å². The number of benzene rings is 1. The van der Waals surface area contributed by atoms with Gasteiger partial charge in [0, 0.05) is 28.9 Å². The summed E-state index contributed by atoms with van der Waals surface area (Å²) in [7, 11) is 0. The first-order valence-corrected chi connectivity index (χ1v) is 5.09. The summed E-state index contributed by atoms with van der Waals surface area (Å²) in [4.78, 5) is 4.23. The maximum atomic E-state index is 6.12. The average molecular weight is 219 g/mol. The number of hydrogen-bond acceptors (Lipinski definition) is 2. The van der Waals surface area contributed by atoms with E-state index in [-0.39, 0.29) is 0 Å². The highest BCUT2D eigenvalue weighted by Crippen LogP contribution is 2.28. The first-order valence-electron chi connectivity index (χ1n) is 4.72. The third-order valence-electron chi connectivity index (χ3n) is 2.25. The molecule has 3 heteroatoms. The molecule has 1 aromatic heterocycles. The Kier molecular flexibility index (Phi) is 2.99. The van der Waals surface area contributed by atoms with Gasteiger partial charge in [-0.2, -0.15) is 0 Å². The van der Waals surface area contributed by atoms with E-state index in [1.54, 1.807) is 6.20 Å². The van der Waals surface area contributed by atoms with Crippen LogP contribution in [-0.2, 0) is 6.54 Å². The zero-order chi connectivity index (χ0) is 10.7. The molecule has 0 atom stereocenters. The molecule has 0 unspecified atom stereocenters. The summed E-state index contributed by atoms with van der Waals surface area (Å²) in [5.41, 5.74) is 8.48. The number of aromatic nitrogens is 1. The number of pyridine rings is 1. The van der Waals surface area contributed by atoms with E-state index in [0.717, 1.165) is 21.8 Å². The number of nitrogens with zero attached hydrogens (tertiary/aromatic N) is 1. The highest BCUT2D eigenvalue weighted by atomic mass is 35.5. The Hall–Kier alpha value is -1.38. The lowest BCUT2D eigenvalue weighted by Crippen LogP contribution is -2.01. The number of rotatable bonds is 2. The van der Waals surface area contributed by atoms with Crippen LogP contribution in [0.4, 0.5) is 0 Å². The first-order chi connectivity index (χ1) is 7.33. The lowest BCUT2D eigenvalue weighted by molar-refractivity contribution is 0.994. The highest BCUT2D eigenvalue weighted by molar-refractivity contribution is 6.33. The Morgan fingerprint density at radius 3 is 2.53 bits per heavy atom. The summed E-state index contributed by atoms with van der Waals surface area (Å²) in [6.07, 6.45) is 1.74. The van der Waals surface area contributed by atoms with Crippen molar-refractivity contribution >= 4 is 11.6 Å². The van der Waals surface area contributed by atoms with Crippen molar-refractivity contribution in [3.8, 4) is 11.1 Å². The summed E-state index contributed by atoms with van der Waals surface area (Å²) in [5.74, 6) is 0. The molecule has 15 heavy (non-hydrogen) atoms. The smallest absolute Gasteiger partial charge is 0.0618 e. The second-order valence-electron chi connectivity index (χ2n) is 3.18. The molecule has 2 aromatic rings. The van der Waals surface area contributed by atoms with Crippen LogP contribution in [0.5, 0.6) is 0 Å². The molecule has 0 saturated carbocycles. The van der Waals surface area contributed by atoms with E-state index in [1.165, 1.54) is 0 Å². The van der Waals surface area contributed by atoms with Gasteiger partial charge in [-0.25, -0.2) is 0 Å². The molecule has 0 spiro atoms.